The van der Waals surface area contributed by atoms with Gasteiger partial charge in [-0.25, -0.2) is 14.2 Å². The van der Waals surface area contributed by atoms with E-state index in [2.05, 4.69) is 5.43 Å². The van der Waals surface area contributed by atoms with E-state index < -0.39 is 17.7 Å². The lowest BCUT2D eigenvalue weighted by atomic mass is 10.0. The maximum Gasteiger partial charge on any atom is 0.164 e. The molecule has 1 unspecified atom stereocenters. The first-order valence-electron chi connectivity index (χ1n) is 6.20. The molecule has 0 amide bonds. The van der Waals surface area contributed by atoms with E-state index in [0.717, 1.165) is 11.5 Å². The zero-order chi connectivity index (χ0) is 15.0. The van der Waals surface area contributed by atoms with E-state index in [9.17, 15) is 8.78 Å². The third kappa shape index (κ3) is 2.40. The Morgan fingerprint density at radius 1 is 1.14 bits per heavy atom. The van der Waals surface area contributed by atoms with Crippen LogP contribution in [0.3, 0.4) is 0 Å². The standard InChI is InChI=1S/C15H11ClF2N2O/c16-10-5-1-3-8-7-12(21-15(8)10)14(20-19)9-4-2-6-11(17)13(9)18/h1-7,14,20H,19H2. The molecule has 0 aliphatic carbocycles. The molecule has 0 spiro atoms. The molecule has 1 atom stereocenters. The molecular weight excluding hydrogens is 298 g/mol. The van der Waals surface area contributed by atoms with Crippen LogP contribution in [0.2, 0.25) is 5.02 Å². The lowest BCUT2D eigenvalue weighted by Gasteiger charge is -2.14. The number of hydrogen-bond acceptors (Lipinski definition) is 3. The molecule has 2 aromatic carbocycles. The minimum atomic E-state index is -0.966. The number of fused-ring (bicyclic) bond motifs is 1. The van der Waals surface area contributed by atoms with Gasteiger partial charge in [-0.2, -0.15) is 0 Å². The minimum absolute atomic E-state index is 0.0627. The summed E-state index contributed by atoms with van der Waals surface area (Å²) in [6.07, 6.45) is 0. The second-order valence-corrected chi connectivity index (χ2v) is 4.96. The summed E-state index contributed by atoms with van der Waals surface area (Å²) in [4.78, 5) is 0. The lowest BCUT2D eigenvalue weighted by molar-refractivity contribution is 0.444. The van der Waals surface area contributed by atoms with Crippen molar-refractivity contribution in [3.8, 4) is 0 Å². The van der Waals surface area contributed by atoms with E-state index in [-0.39, 0.29) is 5.56 Å². The quantitative estimate of drug-likeness (QED) is 0.569. The van der Waals surface area contributed by atoms with Crippen LogP contribution in [-0.2, 0) is 0 Å². The highest BCUT2D eigenvalue weighted by atomic mass is 35.5. The monoisotopic (exact) mass is 308 g/mol. The minimum Gasteiger partial charge on any atom is -0.457 e. The Labute approximate surface area is 124 Å². The first-order valence-corrected chi connectivity index (χ1v) is 6.57. The van der Waals surface area contributed by atoms with Gasteiger partial charge in [0, 0.05) is 10.9 Å². The molecule has 0 fully saturated rings. The van der Waals surface area contributed by atoms with Gasteiger partial charge in [-0.1, -0.05) is 35.9 Å². The molecule has 0 aliphatic heterocycles. The van der Waals surface area contributed by atoms with Crippen LogP contribution >= 0.6 is 11.6 Å². The van der Waals surface area contributed by atoms with Gasteiger partial charge >= 0.3 is 0 Å². The number of hydrazine groups is 1. The number of hydrogen-bond donors (Lipinski definition) is 2. The van der Waals surface area contributed by atoms with Gasteiger partial charge in [0.05, 0.1) is 5.02 Å². The van der Waals surface area contributed by atoms with Crippen molar-refractivity contribution in [2.75, 3.05) is 0 Å². The third-order valence-electron chi connectivity index (χ3n) is 3.26. The summed E-state index contributed by atoms with van der Waals surface area (Å²) in [7, 11) is 0. The zero-order valence-electron chi connectivity index (χ0n) is 10.7. The van der Waals surface area contributed by atoms with Gasteiger partial charge in [-0.3, -0.25) is 5.84 Å². The molecule has 3 rings (SSSR count). The highest BCUT2D eigenvalue weighted by Crippen LogP contribution is 2.32. The number of rotatable bonds is 3. The summed E-state index contributed by atoms with van der Waals surface area (Å²) in [6.45, 7) is 0. The molecule has 0 saturated heterocycles. The molecule has 1 heterocycles. The fourth-order valence-electron chi connectivity index (χ4n) is 2.26. The summed E-state index contributed by atoms with van der Waals surface area (Å²) in [5.74, 6) is 3.93. The largest absolute Gasteiger partial charge is 0.457 e. The smallest absolute Gasteiger partial charge is 0.164 e. The fraction of sp³-hybridized carbons (Fsp3) is 0.0667. The molecule has 6 heteroatoms. The Morgan fingerprint density at radius 2 is 1.90 bits per heavy atom. The highest BCUT2D eigenvalue weighted by Gasteiger charge is 2.22. The first-order chi connectivity index (χ1) is 10.1. The summed E-state index contributed by atoms with van der Waals surface area (Å²) < 4.78 is 32.9. The summed E-state index contributed by atoms with van der Waals surface area (Å²) in [5, 5.41) is 1.20. The van der Waals surface area contributed by atoms with E-state index >= 15 is 0 Å². The van der Waals surface area contributed by atoms with Crippen molar-refractivity contribution < 1.29 is 13.2 Å². The number of para-hydroxylation sites is 1. The van der Waals surface area contributed by atoms with Crippen molar-refractivity contribution in [2.24, 2.45) is 5.84 Å². The molecule has 0 radical (unpaired) electrons. The van der Waals surface area contributed by atoms with Crippen molar-refractivity contribution in [3.63, 3.8) is 0 Å². The Hall–Kier alpha value is -1.95. The zero-order valence-corrected chi connectivity index (χ0v) is 11.5. The van der Waals surface area contributed by atoms with Crippen LogP contribution in [0.5, 0.6) is 0 Å². The van der Waals surface area contributed by atoms with Crippen LogP contribution in [0.1, 0.15) is 17.4 Å². The van der Waals surface area contributed by atoms with Crippen LogP contribution in [-0.4, -0.2) is 0 Å². The Kier molecular flexibility index (Phi) is 3.63. The van der Waals surface area contributed by atoms with Gasteiger partial charge in [-0.05, 0) is 18.2 Å². The van der Waals surface area contributed by atoms with Crippen LogP contribution in [0.25, 0.3) is 11.0 Å². The predicted octanol–water partition coefficient (Wildman–Crippen LogP) is 3.92. The van der Waals surface area contributed by atoms with E-state index in [0.29, 0.717) is 16.4 Å². The van der Waals surface area contributed by atoms with Gasteiger partial charge in [-0.15, -0.1) is 0 Å². The molecular formula is C15H11ClF2N2O. The highest BCUT2D eigenvalue weighted by molar-refractivity contribution is 6.34. The lowest BCUT2D eigenvalue weighted by Crippen LogP contribution is -2.29. The fourth-order valence-corrected chi connectivity index (χ4v) is 2.48. The summed E-state index contributed by atoms with van der Waals surface area (Å²) >= 11 is 6.04. The maximum absolute atomic E-state index is 13.9. The molecule has 1 aromatic heterocycles. The van der Waals surface area contributed by atoms with Gasteiger partial charge in [0.2, 0.25) is 0 Å². The Morgan fingerprint density at radius 3 is 2.62 bits per heavy atom. The van der Waals surface area contributed by atoms with Crippen LogP contribution in [0, 0.1) is 11.6 Å². The van der Waals surface area contributed by atoms with Gasteiger partial charge in [0.25, 0.3) is 0 Å². The van der Waals surface area contributed by atoms with E-state index in [1.807, 2.05) is 6.07 Å². The first kappa shape index (κ1) is 14.0. The molecule has 0 aliphatic rings. The Balaban J connectivity index is 2.14. The van der Waals surface area contributed by atoms with Gasteiger partial charge in [0.1, 0.15) is 11.8 Å². The molecule has 3 aromatic rings. The summed E-state index contributed by atoms with van der Waals surface area (Å²) in [5.41, 5.74) is 2.98. The van der Waals surface area contributed by atoms with Gasteiger partial charge in [0.15, 0.2) is 17.2 Å². The number of furan rings is 1. The predicted molar refractivity (Wildman–Crippen MR) is 76.7 cm³/mol. The normalized spacial score (nSPS) is 12.8. The molecule has 3 N–H and O–H groups in total. The molecule has 108 valence electrons. The number of halogens is 3. The van der Waals surface area contributed by atoms with Crippen molar-refractivity contribution in [2.45, 2.75) is 6.04 Å². The average molecular weight is 309 g/mol. The second-order valence-electron chi connectivity index (χ2n) is 4.55. The maximum atomic E-state index is 13.9. The third-order valence-corrected chi connectivity index (χ3v) is 3.56. The second kappa shape index (κ2) is 5.44. The van der Waals surface area contributed by atoms with E-state index in [4.69, 9.17) is 21.9 Å². The topological polar surface area (TPSA) is 51.2 Å². The van der Waals surface area contributed by atoms with Crippen LogP contribution < -0.4 is 11.3 Å². The number of nitrogens with two attached hydrogens (primary N) is 1. The molecule has 3 nitrogen and oxygen atoms in total. The van der Waals surface area contributed by atoms with Crippen molar-refractivity contribution >= 4 is 22.6 Å². The van der Waals surface area contributed by atoms with Crippen molar-refractivity contribution in [3.05, 3.63) is 70.4 Å². The molecule has 21 heavy (non-hydrogen) atoms. The number of benzene rings is 2. The average Bonchev–Trinajstić information content (AvgIpc) is 2.89. The molecule has 0 bridgehead atoms. The van der Waals surface area contributed by atoms with Crippen molar-refractivity contribution in [1.29, 1.82) is 0 Å². The van der Waals surface area contributed by atoms with Crippen LogP contribution in [0.15, 0.2) is 46.9 Å². The Bertz CT molecular complexity index is 803. The van der Waals surface area contributed by atoms with Gasteiger partial charge < -0.3 is 4.42 Å². The van der Waals surface area contributed by atoms with E-state index in [1.165, 1.54) is 12.1 Å². The van der Waals surface area contributed by atoms with E-state index in [1.54, 1.807) is 18.2 Å². The summed E-state index contributed by atoms with van der Waals surface area (Å²) in [6, 6.07) is 10.0. The molecule has 0 saturated carbocycles. The van der Waals surface area contributed by atoms with Crippen LogP contribution in [0.4, 0.5) is 8.78 Å². The van der Waals surface area contributed by atoms with Crippen molar-refractivity contribution in [1.82, 2.24) is 5.43 Å². The number of nitrogens with one attached hydrogen (secondary N) is 1. The SMILES string of the molecule is NNC(c1cc2cccc(Cl)c2o1)c1cccc(F)c1F.